The molecule has 2 aromatic rings. The zero-order valence-corrected chi connectivity index (χ0v) is 25.5. The van der Waals surface area contributed by atoms with Crippen molar-refractivity contribution < 1.29 is 24.9 Å². The van der Waals surface area contributed by atoms with Crippen LogP contribution in [0.4, 0.5) is 0 Å². The van der Waals surface area contributed by atoms with Crippen molar-refractivity contribution in [1.82, 2.24) is 0 Å². The quantitative estimate of drug-likeness (QED) is 0.178. The first kappa shape index (κ1) is 32.4. The van der Waals surface area contributed by atoms with Gasteiger partial charge in [0.2, 0.25) is 0 Å². The number of aliphatic carboxylic acids is 2. The maximum absolute atomic E-state index is 13.2. The molecule has 0 aromatic heterocycles. The maximum atomic E-state index is 13.2. The average molecular weight is 563 g/mol. The van der Waals surface area contributed by atoms with E-state index in [4.69, 9.17) is 0 Å². The van der Waals surface area contributed by atoms with Crippen molar-refractivity contribution in [2.45, 2.75) is 116 Å². The fourth-order valence-electron chi connectivity index (χ4n) is 6.58. The Bertz CT molecular complexity index is 1200. The van der Waals surface area contributed by atoms with Crippen LogP contribution in [0, 0.1) is 11.8 Å². The molecule has 41 heavy (non-hydrogen) atoms. The summed E-state index contributed by atoms with van der Waals surface area (Å²) in [5, 5.41) is 32.7. The third-order valence-electron chi connectivity index (χ3n) is 8.75. The monoisotopic (exact) mass is 562 g/mol. The normalized spacial score (nSPS) is 20.8. The van der Waals surface area contributed by atoms with Crippen LogP contribution in [0.2, 0.25) is 0 Å². The van der Waals surface area contributed by atoms with Crippen molar-refractivity contribution in [2.24, 2.45) is 11.8 Å². The van der Waals surface area contributed by atoms with E-state index in [-0.39, 0.29) is 18.6 Å². The zero-order valence-electron chi connectivity index (χ0n) is 25.5. The summed E-state index contributed by atoms with van der Waals surface area (Å²) in [5.74, 6) is -1.10. The molecule has 0 saturated heterocycles. The van der Waals surface area contributed by atoms with Crippen molar-refractivity contribution in [2.75, 3.05) is 0 Å². The number of carbonyl (C=O) groups is 2. The highest BCUT2D eigenvalue weighted by Gasteiger charge is 2.56. The van der Waals surface area contributed by atoms with Crippen molar-refractivity contribution in [3.63, 3.8) is 0 Å². The fraction of sp³-hybridized carbons (Fsp3) is 0.556. The summed E-state index contributed by atoms with van der Waals surface area (Å²) >= 11 is 0. The van der Waals surface area contributed by atoms with Crippen LogP contribution in [0.5, 0.6) is 0 Å². The van der Waals surface area contributed by atoms with E-state index >= 15 is 0 Å². The molecule has 2 aromatic carbocycles. The number of hydrogen-bond acceptors (Lipinski definition) is 3. The molecule has 0 saturated carbocycles. The lowest BCUT2D eigenvalue weighted by molar-refractivity contribution is -0.149. The van der Waals surface area contributed by atoms with Crippen molar-refractivity contribution >= 4 is 11.9 Å². The second kappa shape index (κ2) is 14.7. The molecule has 3 rings (SSSR count). The van der Waals surface area contributed by atoms with E-state index in [0.717, 1.165) is 68.9 Å². The summed E-state index contributed by atoms with van der Waals surface area (Å²) in [5.41, 5.74) is -0.183. The molecule has 5 nitrogen and oxygen atoms in total. The zero-order chi connectivity index (χ0) is 30.0. The molecule has 2 unspecified atom stereocenters. The third kappa shape index (κ3) is 8.02. The standard InChI is InChI=1S/C36H50O5/c1-26(2)15-7-5-9-17-28-19-11-13-21-31(28)35(33(38)39)23-30(37)24-36(25-35,34(40)41)32-22-14-12-20-29(32)18-10-6-8-16-27(3)4/h11-14,19-23,26-27,37H,5-10,15-18,24-25H2,1-4H3,(H,38,39)(H,40,41). The van der Waals surface area contributed by atoms with Gasteiger partial charge in [0.25, 0.3) is 0 Å². The number of aryl methyl sites for hydroxylation is 2. The number of rotatable bonds is 16. The Balaban J connectivity index is 1.99. The van der Waals surface area contributed by atoms with Gasteiger partial charge in [0, 0.05) is 6.42 Å². The van der Waals surface area contributed by atoms with E-state index < -0.39 is 22.8 Å². The van der Waals surface area contributed by atoms with Crippen LogP contribution in [-0.4, -0.2) is 27.3 Å². The number of hydrogen-bond donors (Lipinski definition) is 3. The lowest BCUT2D eigenvalue weighted by atomic mass is 9.58. The number of aliphatic hydroxyl groups is 1. The Morgan fingerprint density at radius 1 is 0.707 bits per heavy atom. The Hall–Kier alpha value is -3.08. The van der Waals surface area contributed by atoms with Gasteiger partial charge < -0.3 is 15.3 Å². The van der Waals surface area contributed by atoms with Gasteiger partial charge in [-0.15, -0.1) is 0 Å². The molecule has 3 N–H and O–H groups in total. The lowest BCUT2D eigenvalue weighted by Crippen LogP contribution is -2.50. The van der Waals surface area contributed by atoms with Gasteiger partial charge in [-0.3, -0.25) is 9.59 Å². The van der Waals surface area contributed by atoms with Crippen LogP contribution in [-0.2, 0) is 33.3 Å². The van der Waals surface area contributed by atoms with Crippen LogP contribution in [0.3, 0.4) is 0 Å². The largest absolute Gasteiger partial charge is 0.513 e. The highest BCUT2D eigenvalue weighted by molar-refractivity contribution is 5.90. The van der Waals surface area contributed by atoms with Crippen molar-refractivity contribution in [1.29, 1.82) is 0 Å². The molecule has 5 heteroatoms. The van der Waals surface area contributed by atoms with E-state index in [1.807, 2.05) is 42.5 Å². The van der Waals surface area contributed by atoms with Gasteiger partial charge in [-0.1, -0.05) is 115 Å². The second-order valence-corrected chi connectivity index (χ2v) is 13.0. The van der Waals surface area contributed by atoms with Crippen LogP contribution in [0.15, 0.2) is 60.4 Å². The summed E-state index contributed by atoms with van der Waals surface area (Å²) < 4.78 is 0. The van der Waals surface area contributed by atoms with E-state index in [2.05, 4.69) is 27.7 Å². The lowest BCUT2D eigenvalue weighted by Gasteiger charge is -2.43. The number of aliphatic hydroxyl groups excluding tert-OH is 1. The number of unbranched alkanes of at least 4 members (excludes halogenated alkanes) is 4. The fourth-order valence-corrected chi connectivity index (χ4v) is 6.58. The van der Waals surface area contributed by atoms with Crippen molar-refractivity contribution in [3.05, 3.63) is 82.6 Å². The third-order valence-corrected chi connectivity index (χ3v) is 8.75. The van der Waals surface area contributed by atoms with Crippen molar-refractivity contribution in [3.8, 4) is 0 Å². The van der Waals surface area contributed by atoms with Gasteiger partial charge in [-0.05, 0) is 72.3 Å². The molecule has 1 aliphatic rings. The Labute approximate surface area is 246 Å². The molecule has 1 aliphatic carbocycles. The molecule has 224 valence electrons. The second-order valence-electron chi connectivity index (χ2n) is 13.0. The van der Waals surface area contributed by atoms with Crippen LogP contribution >= 0.6 is 0 Å². The van der Waals surface area contributed by atoms with Crippen LogP contribution in [0.25, 0.3) is 0 Å². The van der Waals surface area contributed by atoms with Gasteiger partial charge in [0.15, 0.2) is 0 Å². The highest BCUT2D eigenvalue weighted by Crippen LogP contribution is 2.50. The molecule has 0 fully saturated rings. The number of allylic oxidation sites excluding steroid dienone is 1. The van der Waals surface area contributed by atoms with E-state index in [1.54, 1.807) is 6.07 Å². The molecule has 0 amide bonds. The molecule has 0 heterocycles. The summed E-state index contributed by atoms with van der Waals surface area (Å²) in [6.45, 7) is 8.87. The minimum atomic E-state index is -1.65. The first-order valence-electron chi connectivity index (χ1n) is 15.6. The molecule has 0 bridgehead atoms. The molecule has 0 radical (unpaired) electrons. The Kier molecular flexibility index (Phi) is 11.6. The molecular formula is C36H50O5. The van der Waals surface area contributed by atoms with Gasteiger partial charge in [-0.25, -0.2) is 0 Å². The Morgan fingerprint density at radius 2 is 1.20 bits per heavy atom. The highest BCUT2D eigenvalue weighted by atomic mass is 16.4. The minimum Gasteiger partial charge on any atom is -0.513 e. The van der Waals surface area contributed by atoms with Gasteiger partial charge in [0.1, 0.15) is 10.8 Å². The minimum absolute atomic E-state index is 0.126. The predicted octanol–water partition coefficient (Wildman–Crippen LogP) is 8.79. The van der Waals surface area contributed by atoms with Gasteiger partial charge >= 0.3 is 11.9 Å². The molecular weight excluding hydrogens is 512 g/mol. The number of carboxylic acids is 2. The Morgan fingerprint density at radius 3 is 1.68 bits per heavy atom. The summed E-state index contributed by atoms with van der Waals surface area (Å²) in [6, 6.07) is 15.0. The average Bonchev–Trinajstić information content (AvgIpc) is 2.92. The van der Waals surface area contributed by atoms with Crippen LogP contribution in [0.1, 0.15) is 114 Å². The summed E-state index contributed by atoms with van der Waals surface area (Å²) in [6.07, 6.45) is 11.1. The first-order valence-corrected chi connectivity index (χ1v) is 15.6. The van der Waals surface area contributed by atoms with Gasteiger partial charge in [-0.2, -0.15) is 0 Å². The molecule has 0 aliphatic heterocycles. The van der Waals surface area contributed by atoms with E-state index in [9.17, 15) is 24.9 Å². The topological polar surface area (TPSA) is 94.8 Å². The predicted molar refractivity (Wildman–Crippen MR) is 165 cm³/mol. The SMILES string of the molecule is CC(C)CCCCCc1ccccc1C1(C(=O)O)C=C(O)CC(C(=O)O)(c2ccccc2CCCCCC(C)C)C1. The maximum Gasteiger partial charge on any atom is 0.318 e. The summed E-state index contributed by atoms with van der Waals surface area (Å²) in [4.78, 5) is 26.4. The molecule has 0 spiro atoms. The molecule has 2 atom stereocenters. The smallest absolute Gasteiger partial charge is 0.318 e. The van der Waals surface area contributed by atoms with Crippen LogP contribution < -0.4 is 0 Å². The van der Waals surface area contributed by atoms with Gasteiger partial charge in [0.05, 0.1) is 5.76 Å². The number of benzene rings is 2. The summed E-state index contributed by atoms with van der Waals surface area (Å²) in [7, 11) is 0. The van der Waals surface area contributed by atoms with E-state index in [0.29, 0.717) is 29.4 Å². The first-order chi connectivity index (χ1) is 19.5. The van der Waals surface area contributed by atoms with E-state index in [1.165, 1.54) is 6.08 Å². The number of carboxylic acid groups (broad SMARTS) is 2.